The summed E-state index contributed by atoms with van der Waals surface area (Å²) in [6, 6.07) is 0.101. The van der Waals surface area contributed by atoms with Gasteiger partial charge in [-0.2, -0.15) is 0 Å². The van der Waals surface area contributed by atoms with E-state index in [2.05, 4.69) is 17.3 Å². The van der Waals surface area contributed by atoms with Gasteiger partial charge in [-0.05, 0) is 6.92 Å². The second kappa shape index (κ2) is 9.49. The van der Waals surface area contributed by atoms with E-state index in [1.54, 1.807) is 14.0 Å². The van der Waals surface area contributed by atoms with Crippen molar-refractivity contribution in [3.05, 3.63) is 0 Å². The molecule has 0 saturated carbocycles. The monoisotopic (exact) mass is 186 g/mol. The van der Waals surface area contributed by atoms with Crippen molar-refractivity contribution in [3.63, 3.8) is 0 Å². The molecule has 0 bridgehead atoms. The predicted molar refractivity (Wildman–Crippen MR) is 51.9 cm³/mol. The molecular weight excluding hydrogens is 168 g/mol. The number of ether oxygens (including phenoxy) is 2. The van der Waals surface area contributed by atoms with Crippen LogP contribution in [0.4, 0.5) is 0 Å². The summed E-state index contributed by atoms with van der Waals surface area (Å²) in [6.07, 6.45) is 0.708. The van der Waals surface area contributed by atoms with Gasteiger partial charge in [0.25, 0.3) is 0 Å². The van der Waals surface area contributed by atoms with Crippen LogP contribution in [0.3, 0.4) is 0 Å². The van der Waals surface area contributed by atoms with Gasteiger partial charge in [-0.25, -0.2) is 0 Å². The Morgan fingerprint density at radius 1 is 1.46 bits per heavy atom. The Hall–Kier alpha value is -0.600. The third-order valence-electron chi connectivity index (χ3n) is 1.51. The minimum Gasteiger partial charge on any atom is -0.382 e. The van der Waals surface area contributed by atoms with Crippen LogP contribution in [0.1, 0.15) is 13.3 Å². The zero-order valence-corrected chi connectivity index (χ0v) is 8.30. The predicted octanol–water partition coefficient (Wildman–Crippen LogP) is -0.105. The van der Waals surface area contributed by atoms with Crippen LogP contribution >= 0.6 is 0 Å². The van der Waals surface area contributed by atoms with E-state index >= 15 is 0 Å². The largest absolute Gasteiger partial charge is 0.382 e. The Morgan fingerprint density at radius 3 is 2.77 bits per heavy atom. The lowest BCUT2D eigenvalue weighted by Gasteiger charge is -2.12. The van der Waals surface area contributed by atoms with Crippen molar-refractivity contribution in [2.24, 2.45) is 5.84 Å². The standard InChI is InChI=1S/C9H18N2O2/c1-3-4-5-9(11-10)8-13-7-6-12-2/h9,11H,5-8,10H2,1-2H3. The molecule has 0 aromatic carbocycles. The van der Waals surface area contributed by atoms with Gasteiger partial charge in [0.1, 0.15) is 0 Å². The highest BCUT2D eigenvalue weighted by Crippen LogP contribution is 1.90. The molecule has 0 fully saturated rings. The van der Waals surface area contributed by atoms with E-state index in [1.165, 1.54) is 0 Å². The van der Waals surface area contributed by atoms with Crippen LogP contribution in [-0.4, -0.2) is 33.0 Å². The number of hydrogen-bond acceptors (Lipinski definition) is 4. The van der Waals surface area contributed by atoms with Crippen LogP contribution in [0.2, 0.25) is 0 Å². The summed E-state index contributed by atoms with van der Waals surface area (Å²) in [5, 5.41) is 0. The molecule has 0 heterocycles. The second-order valence-corrected chi connectivity index (χ2v) is 2.56. The minimum absolute atomic E-state index is 0.101. The Labute approximate surface area is 79.7 Å². The average Bonchev–Trinajstić information content (AvgIpc) is 2.17. The number of nitrogens with two attached hydrogens (primary N) is 1. The van der Waals surface area contributed by atoms with Crippen molar-refractivity contribution in [2.45, 2.75) is 19.4 Å². The quantitative estimate of drug-likeness (QED) is 0.252. The van der Waals surface area contributed by atoms with Crippen molar-refractivity contribution < 1.29 is 9.47 Å². The van der Waals surface area contributed by atoms with E-state index in [0.717, 1.165) is 0 Å². The number of hydrogen-bond donors (Lipinski definition) is 2. The van der Waals surface area contributed by atoms with Crippen molar-refractivity contribution in [2.75, 3.05) is 26.9 Å². The van der Waals surface area contributed by atoms with Gasteiger partial charge >= 0.3 is 0 Å². The maximum Gasteiger partial charge on any atom is 0.0701 e. The van der Waals surface area contributed by atoms with Crippen LogP contribution in [-0.2, 0) is 9.47 Å². The van der Waals surface area contributed by atoms with Crippen LogP contribution in [0.5, 0.6) is 0 Å². The summed E-state index contributed by atoms with van der Waals surface area (Å²) < 4.78 is 10.1. The number of rotatable bonds is 7. The first-order valence-corrected chi connectivity index (χ1v) is 4.27. The van der Waals surface area contributed by atoms with Gasteiger partial charge in [0.05, 0.1) is 25.9 Å². The lowest BCUT2D eigenvalue weighted by Crippen LogP contribution is -2.38. The minimum atomic E-state index is 0.101. The SMILES string of the molecule is CC#CCC(COCCOC)NN. The molecule has 13 heavy (non-hydrogen) atoms. The topological polar surface area (TPSA) is 56.5 Å². The van der Waals surface area contributed by atoms with Gasteiger partial charge in [-0.1, -0.05) is 0 Å². The molecule has 0 aromatic rings. The highest BCUT2D eigenvalue weighted by Gasteiger charge is 2.03. The fraction of sp³-hybridized carbons (Fsp3) is 0.778. The molecule has 1 unspecified atom stereocenters. The van der Waals surface area contributed by atoms with Gasteiger partial charge in [-0.15, -0.1) is 11.8 Å². The maximum atomic E-state index is 5.30. The highest BCUT2D eigenvalue weighted by molar-refractivity contribution is 4.97. The van der Waals surface area contributed by atoms with Gasteiger partial charge in [-0.3, -0.25) is 11.3 Å². The molecule has 0 spiro atoms. The Bertz CT molecular complexity index is 163. The number of hydrazine groups is 1. The summed E-state index contributed by atoms with van der Waals surface area (Å²) >= 11 is 0. The third kappa shape index (κ3) is 7.75. The number of methoxy groups -OCH3 is 1. The molecule has 0 aliphatic carbocycles. The molecule has 0 aliphatic heterocycles. The van der Waals surface area contributed by atoms with Gasteiger partial charge < -0.3 is 9.47 Å². The summed E-state index contributed by atoms with van der Waals surface area (Å²) in [6.45, 7) is 3.57. The first kappa shape index (κ1) is 12.4. The Balaban J connectivity index is 3.40. The van der Waals surface area contributed by atoms with Crippen molar-refractivity contribution >= 4 is 0 Å². The van der Waals surface area contributed by atoms with Crippen LogP contribution in [0.25, 0.3) is 0 Å². The molecule has 0 rings (SSSR count). The van der Waals surface area contributed by atoms with Crippen LogP contribution in [0.15, 0.2) is 0 Å². The smallest absolute Gasteiger partial charge is 0.0701 e. The first-order chi connectivity index (χ1) is 6.35. The van der Waals surface area contributed by atoms with Gasteiger partial charge in [0.2, 0.25) is 0 Å². The summed E-state index contributed by atoms with van der Waals surface area (Å²) in [7, 11) is 1.64. The maximum absolute atomic E-state index is 5.30. The van der Waals surface area contributed by atoms with Crippen molar-refractivity contribution in [1.29, 1.82) is 0 Å². The van der Waals surface area contributed by atoms with E-state index in [0.29, 0.717) is 26.2 Å². The molecular formula is C9H18N2O2. The Morgan fingerprint density at radius 2 is 2.23 bits per heavy atom. The van der Waals surface area contributed by atoms with E-state index in [1.807, 2.05) is 0 Å². The van der Waals surface area contributed by atoms with Gasteiger partial charge in [0, 0.05) is 13.5 Å². The average molecular weight is 186 g/mol. The second-order valence-electron chi connectivity index (χ2n) is 2.56. The van der Waals surface area contributed by atoms with Crippen LogP contribution < -0.4 is 11.3 Å². The third-order valence-corrected chi connectivity index (χ3v) is 1.51. The molecule has 1 atom stereocenters. The number of nitrogens with one attached hydrogen (secondary N) is 1. The molecule has 0 amide bonds. The summed E-state index contributed by atoms with van der Waals surface area (Å²) in [5.74, 6) is 11.0. The van der Waals surface area contributed by atoms with Crippen molar-refractivity contribution in [1.82, 2.24) is 5.43 Å². The molecule has 3 N–H and O–H groups in total. The lowest BCUT2D eigenvalue weighted by molar-refractivity contribution is 0.0594. The zero-order valence-electron chi connectivity index (χ0n) is 8.30. The lowest BCUT2D eigenvalue weighted by atomic mass is 10.2. The van der Waals surface area contributed by atoms with E-state index < -0.39 is 0 Å². The fourth-order valence-corrected chi connectivity index (χ4v) is 0.759. The van der Waals surface area contributed by atoms with E-state index in [-0.39, 0.29) is 6.04 Å². The van der Waals surface area contributed by atoms with Crippen LogP contribution in [0, 0.1) is 11.8 Å². The molecule has 0 saturated heterocycles. The van der Waals surface area contributed by atoms with E-state index in [4.69, 9.17) is 15.3 Å². The normalized spacial score (nSPS) is 11.9. The Kier molecular flexibility index (Phi) is 9.05. The van der Waals surface area contributed by atoms with Gasteiger partial charge in [0.15, 0.2) is 0 Å². The summed E-state index contributed by atoms with van der Waals surface area (Å²) in [5.41, 5.74) is 2.65. The molecule has 0 aromatic heterocycles. The molecule has 0 aliphatic rings. The molecule has 0 radical (unpaired) electrons. The molecule has 76 valence electrons. The fourth-order valence-electron chi connectivity index (χ4n) is 0.759. The molecule has 4 nitrogen and oxygen atoms in total. The van der Waals surface area contributed by atoms with E-state index in [9.17, 15) is 0 Å². The van der Waals surface area contributed by atoms with Crippen molar-refractivity contribution in [3.8, 4) is 11.8 Å². The molecule has 4 heteroatoms. The first-order valence-electron chi connectivity index (χ1n) is 4.27. The summed E-state index contributed by atoms with van der Waals surface area (Å²) in [4.78, 5) is 0. The zero-order chi connectivity index (χ0) is 9.94. The highest BCUT2D eigenvalue weighted by atomic mass is 16.5.